The van der Waals surface area contributed by atoms with Crippen LogP contribution >= 0.6 is 11.6 Å². The van der Waals surface area contributed by atoms with Gasteiger partial charge >= 0.3 is 0 Å². The maximum atomic E-state index is 13.5. The van der Waals surface area contributed by atoms with E-state index in [1.54, 1.807) is 30.6 Å². The molecule has 2 rings (SSSR count). The molecule has 0 bridgehead atoms. The van der Waals surface area contributed by atoms with Gasteiger partial charge in [-0.2, -0.15) is 5.26 Å². The summed E-state index contributed by atoms with van der Waals surface area (Å²) in [5.74, 6) is -0.513. The Morgan fingerprint density at radius 3 is 2.70 bits per heavy atom. The summed E-state index contributed by atoms with van der Waals surface area (Å²) in [6, 6.07) is 10.1. The van der Waals surface area contributed by atoms with Gasteiger partial charge in [0, 0.05) is 24.5 Å². The Balaban J connectivity index is 2.34. The van der Waals surface area contributed by atoms with Crippen molar-refractivity contribution in [3.8, 4) is 6.07 Å². The second-order valence-corrected chi connectivity index (χ2v) is 5.86. The van der Waals surface area contributed by atoms with E-state index >= 15 is 0 Å². The number of nitriles is 1. The van der Waals surface area contributed by atoms with E-state index in [0.717, 1.165) is 5.56 Å². The zero-order valence-electron chi connectivity index (χ0n) is 14.6. The van der Waals surface area contributed by atoms with Crippen molar-refractivity contribution in [1.82, 2.24) is 10.3 Å². The van der Waals surface area contributed by atoms with Crippen LogP contribution in [0.1, 0.15) is 11.1 Å². The van der Waals surface area contributed by atoms with Gasteiger partial charge in [-0.1, -0.05) is 36.9 Å². The first-order valence-corrected chi connectivity index (χ1v) is 8.46. The molecule has 136 valence electrons. The molecule has 1 heterocycles. The summed E-state index contributed by atoms with van der Waals surface area (Å²) in [4.78, 5) is 8.32. The Bertz CT molecular complexity index is 927. The third kappa shape index (κ3) is 5.63. The molecule has 1 aromatic heterocycles. The normalized spacial score (nSPS) is 11.6. The molecule has 0 aliphatic rings. The monoisotopic (exact) mass is 380 g/mol. The van der Waals surface area contributed by atoms with Gasteiger partial charge in [-0.05, 0) is 41.5 Å². The molecule has 0 unspecified atom stereocenters. The molecule has 0 spiro atoms. The number of aromatic nitrogens is 1. The molecule has 1 aromatic carbocycles. The van der Waals surface area contributed by atoms with Crippen LogP contribution in [-0.4, -0.2) is 17.2 Å². The zero-order valence-corrected chi connectivity index (χ0v) is 15.4. The number of hydrogen-bond acceptors (Lipinski definition) is 4. The van der Waals surface area contributed by atoms with Crippen LogP contribution in [0.3, 0.4) is 0 Å². The summed E-state index contributed by atoms with van der Waals surface area (Å²) in [7, 11) is 0. The van der Waals surface area contributed by atoms with Gasteiger partial charge < -0.3 is 5.32 Å². The molecule has 2 aromatic rings. The molecule has 1 N–H and O–H groups in total. The number of allylic oxidation sites excluding steroid dienone is 3. The lowest BCUT2D eigenvalue weighted by Crippen LogP contribution is -2.21. The van der Waals surface area contributed by atoms with E-state index in [1.165, 1.54) is 12.1 Å². The lowest BCUT2D eigenvalue weighted by atomic mass is 10.00. The molecule has 27 heavy (non-hydrogen) atoms. The Morgan fingerprint density at radius 1 is 1.33 bits per heavy atom. The first-order valence-electron chi connectivity index (χ1n) is 8.08. The first-order chi connectivity index (χ1) is 13.1. The molecule has 6 heteroatoms. The summed E-state index contributed by atoms with van der Waals surface area (Å²) < 4.78 is 13.5. The van der Waals surface area contributed by atoms with Crippen LogP contribution in [0.25, 0.3) is 5.57 Å². The fraction of sp³-hybridized carbons (Fsp3) is 0.0952. The minimum Gasteiger partial charge on any atom is -0.379 e. The van der Waals surface area contributed by atoms with Crippen molar-refractivity contribution < 1.29 is 4.39 Å². The van der Waals surface area contributed by atoms with Crippen molar-refractivity contribution in [1.29, 1.82) is 5.26 Å². The van der Waals surface area contributed by atoms with Gasteiger partial charge in [0.2, 0.25) is 0 Å². The van der Waals surface area contributed by atoms with E-state index in [9.17, 15) is 4.39 Å². The highest BCUT2D eigenvalue weighted by molar-refractivity contribution is 6.33. The Labute approximate surface area is 163 Å². The second kappa shape index (κ2) is 10.0. The summed E-state index contributed by atoms with van der Waals surface area (Å²) in [5, 5.41) is 12.2. The predicted molar refractivity (Wildman–Crippen MR) is 108 cm³/mol. The molecule has 0 aliphatic heterocycles. The Hall–Kier alpha value is -3.23. The topological polar surface area (TPSA) is 61.1 Å². The summed E-state index contributed by atoms with van der Waals surface area (Å²) in [6.07, 6.45) is 6.77. The van der Waals surface area contributed by atoms with Gasteiger partial charge in [-0.25, -0.2) is 4.39 Å². The summed E-state index contributed by atoms with van der Waals surface area (Å²) in [6.45, 7) is 8.26. The van der Waals surface area contributed by atoms with Crippen LogP contribution < -0.4 is 5.32 Å². The van der Waals surface area contributed by atoms with Gasteiger partial charge in [0.05, 0.1) is 22.5 Å². The van der Waals surface area contributed by atoms with Crippen LogP contribution in [0.4, 0.5) is 4.39 Å². The molecule has 4 nitrogen and oxygen atoms in total. The summed E-state index contributed by atoms with van der Waals surface area (Å²) >= 11 is 5.89. The van der Waals surface area contributed by atoms with Crippen LogP contribution in [0, 0.1) is 17.1 Å². The predicted octanol–water partition coefficient (Wildman–Crippen LogP) is 4.71. The van der Waals surface area contributed by atoms with E-state index < -0.39 is 5.82 Å². The lowest BCUT2D eigenvalue weighted by molar-refractivity contribution is 0.628. The first kappa shape index (κ1) is 20.1. The maximum absolute atomic E-state index is 13.5. The zero-order chi connectivity index (χ0) is 19.6. The standard InChI is InChI=1S/C21H18ClFN4/c1-3-4-20(27-14-16-7-10-25-11-8-16)21(26-12-9-24)15(2)17-5-6-19(23)18(22)13-17/h3-8,10-11,13,27H,1-2,12,14H2/b20-4+,26-21?. The highest BCUT2D eigenvalue weighted by Crippen LogP contribution is 2.23. The molecule has 0 amide bonds. The molecular formula is C21H18ClFN4. The SMILES string of the molecule is C=C/C=C(/NCc1ccncc1)C(=NCC#N)C(=C)c1ccc(F)c(Cl)c1. The van der Waals surface area contributed by atoms with Gasteiger partial charge in [-0.15, -0.1) is 0 Å². The molecule has 0 aliphatic carbocycles. The Morgan fingerprint density at radius 2 is 2.07 bits per heavy atom. The van der Waals surface area contributed by atoms with E-state index in [-0.39, 0.29) is 11.6 Å². The molecule has 0 radical (unpaired) electrons. The van der Waals surface area contributed by atoms with Crippen molar-refractivity contribution in [2.24, 2.45) is 4.99 Å². The lowest BCUT2D eigenvalue weighted by Gasteiger charge is -2.16. The maximum Gasteiger partial charge on any atom is 0.141 e. The quantitative estimate of drug-likeness (QED) is 0.410. The van der Waals surface area contributed by atoms with Crippen molar-refractivity contribution in [3.05, 3.63) is 95.7 Å². The highest BCUT2D eigenvalue weighted by atomic mass is 35.5. The van der Waals surface area contributed by atoms with E-state index in [2.05, 4.69) is 28.5 Å². The van der Waals surface area contributed by atoms with Crippen molar-refractivity contribution in [2.45, 2.75) is 6.54 Å². The number of nitrogens with zero attached hydrogens (tertiary/aromatic N) is 3. The smallest absolute Gasteiger partial charge is 0.141 e. The molecule has 0 saturated carbocycles. The van der Waals surface area contributed by atoms with Gasteiger partial charge in [-0.3, -0.25) is 9.98 Å². The minimum absolute atomic E-state index is 0.00715. The minimum atomic E-state index is -0.513. The van der Waals surface area contributed by atoms with Crippen LogP contribution in [0.15, 0.2) is 78.7 Å². The van der Waals surface area contributed by atoms with Crippen LogP contribution in [0.2, 0.25) is 5.02 Å². The van der Waals surface area contributed by atoms with Crippen molar-refractivity contribution in [2.75, 3.05) is 6.54 Å². The molecule has 0 saturated heterocycles. The van der Waals surface area contributed by atoms with Crippen molar-refractivity contribution >= 4 is 22.9 Å². The fourth-order valence-corrected chi connectivity index (χ4v) is 2.50. The second-order valence-electron chi connectivity index (χ2n) is 5.46. The van der Waals surface area contributed by atoms with Crippen LogP contribution in [-0.2, 0) is 6.54 Å². The fourth-order valence-electron chi connectivity index (χ4n) is 2.32. The average molecular weight is 381 g/mol. The Kier molecular flexibility index (Phi) is 7.48. The number of halogens is 2. The number of hydrogen-bond donors (Lipinski definition) is 1. The van der Waals surface area contributed by atoms with E-state index in [1.807, 2.05) is 18.2 Å². The molecular weight excluding hydrogens is 363 g/mol. The number of aliphatic imine (C=N–C) groups is 1. The summed E-state index contributed by atoms with van der Waals surface area (Å²) in [5.41, 5.74) is 3.27. The van der Waals surface area contributed by atoms with Crippen molar-refractivity contribution in [3.63, 3.8) is 0 Å². The number of rotatable bonds is 8. The molecule has 0 fully saturated rings. The van der Waals surface area contributed by atoms with Crippen LogP contribution in [0.5, 0.6) is 0 Å². The average Bonchev–Trinajstić information content (AvgIpc) is 2.69. The van der Waals surface area contributed by atoms with Gasteiger partial charge in [0.15, 0.2) is 0 Å². The number of pyridine rings is 1. The van der Waals surface area contributed by atoms with E-state index in [4.69, 9.17) is 16.9 Å². The van der Waals surface area contributed by atoms with Gasteiger partial charge in [0.1, 0.15) is 12.4 Å². The van der Waals surface area contributed by atoms with E-state index in [0.29, 0.717) is 29.1 Å². The number of nitrogens with one attached hydrogen (secondary N) is 1. The third-order valence-corrected chi connectivity index (χ3v) is 3.92. The largest absolute Gasteiger partial charge is 0.379 e. The van der Waals surface area contributed by atoms with Gasteiger partial charge in [0.25, 0.3) is 0 Å². The third-order valence-electron chi connectivity index (χ3n) is 3.63. The molecule has 0 atom stereocenters. The highest BCUT2D eigenvalue weighted by Gasteiger charge is 2.14. The number of benzene rings is 1.